The van der Waals surface area contributed by atoms with E-state index >= 15 is 0 Å². The van der Waals surface area contributed by atoms with Crippen LogP contribution in [-0.4, -0.2) is 18.3 Å². The SMILES string of the molecule is CC(CO)COc1ccc(Br)cc1Br. The fourth-order valence-electron chi connectivity index (χ4n) is 0.877. The molecule has 1 unspecified atom stereocenters. The summed E-state index contributed by atoms with van der Waals surface area (Å²) in [4.78, 5) is 0. The first-order valence-corrected chi connectivity index (χ1v) is 5.90. The summed E-state index contributed by atoms with van der Waals surface area (Å²) in [7, 11) is 0. The quantitative estimate of drug-likeness (QED) is 0.922. The van der Waals surface area contributed by atoms with Crippen molar-refractivity contribution in [1.29, 1.82) is 0 Å². The Morgan fingerprint density at radius 3 is 2.71 bits per heavy atom. The Kier molecular flexibility index (Phi) is 4.92. The highest BCUT2D eigenvalue weighted by Gasteiger charge is 2.04. The van der Waals surface area contributed by atoms with Crippen LogP contribution < -0.4 is 4.74 Å². The highest BCUT2D eigenvalue weighted by atomic mass is 79.9. The highest BCUT2D eigenvalue weighted by Crippen LogP contribution is 2.28. The topological polar surface area (TPSA) is 29.5 Å². The number of hydrogen-bond donors (Lipinski definition) is 1. The first-order chi connectivity index (χ1) is 6.63. The summed E-state index contributed by atoms with van der Waals surface area (Å²) < 4.78 is 7.44. The van der Waals surface area contributed by atoms with E-state index in [9.17, 15) is 0 Å². The number of benzene rings is 1. The van der Waals surface area contributed by atoms with Gasteiger partial charge in [-0.2, -0.15) is 0 Å². The molecule has 14 heavy (non-hydrogen) atoms. The van der Waals surface area contributed by atoms with Crippen molar-refractivity contribution >= 4 is 31.9 Å². The first kappa shape index (κ1) is 12.0. The molecule has 0 spiro atoms. The molecule has 0 radical (unpaired) electrons. The lowest BCUT2D eigenvalue weighted by molar-refractivity contribution is 0.174. The average Bonchev–Trinajstić information content (AvgIpc) is 2.16. The van der Waals surface area contributed by atoms with Crippen molar-refractivity contribution in [3.05, 3.63) is 27.1 Å². The van der Waals surface area contributed by atoms with Crippen LogP contribution in [0.3, 0.4) is 0 Å². The van der Waals surface area contributed by atoms with Gasteiger partial charge >= 0.3 is 0 Å². The maximum atomic E-state index is 8.83. The van der Waals surface area contributed by atoms with Gasteiger partial charge in [-0.3, -0.25) is 0 Å². The van der Waals surface area contributed by atoms with Crippen molar-refractivity contribution in [2.45, 2.75) is 6.92 Å². The van der Waals surface area contributed by atoms with Crippen LogP contribution >= 0.6 is 31.9 Å². The van der Waals surface area contributed by atoms with Crippen molar-refractivity contribution in [3.63, 3.8) is 0 Å². The number of ether oxygens (including phenoxy) is 1. The van der Waals surface area contributed by atoms with Gasteiger partial charge in [0, 0.05) is 17.0 Å². The molecule has 1 aromatic carbocycles. The number of halogens is 2. The minimum atomic E-state index is 0.147. The summed E-state index contributed by atoms with van der Waals surface area (Å²) in [5.74, 6) is 0.957. The van der Waals surface area contributed by atoms with Gasteiger partial charge in [-0.1, -0.05) is 22.9 Å². The third-order valence-electron chi connectivity index (χ3n) is 1.73. The van der Waals surface area contributed by atoms with Crippen molar-refractivity contribution < 1.29 is 9.84 Å². The van der Waals surface area contributed by atoms with E-state index in [0.29, 0.717) is 6.61 Å². The van der Waals surface area contributed by atoms with E-state index < -0.39 is 0 Å². The zero-order chi connectivity index (χ0) is 10.6. The van der Waals surface area contributed by atoms with Crippen LogP contribution in [0, 0.1) is 5.92 Å². The van der Waals surface area contributed by atoms with E-state index in [4.69, 9.17) is 9.84 Å². The van der Waals surface area contributed by atoms with Crippen molar-refractivity contribution in [1.82, 2.24) is 0 Å². The third kappa shape index (κ3) is 3.59. The Morgan fingerprint density at radius 2 is 2.14 bits per heavy atom. The number of aliphatic hydroxyl groups is 1. The molecule has 0 heterocycles. The fraction of sp³-hybridized carbons (Fsp3) is 0.400. The largest absolute Gasteiger partial charge is 0.492 e. The maximum absolute atomic E-state index is 8.83. The first-order valence-electron chi connectivity index (χ1n) is 4.32. The van der Waals surface area contributed by atoms with Crippen molar-refractivity contribution in [3.8, 4) is 5.75 Å². The van der Waals surface area contributed by atoms with E-state index in [2.05, 4.69) is 31.9 Å². The normalized spacial score (nSPS) is 12.6. The van der Waals surface area contributed by atoms with Crippen molar-refractivity contribution in [2.75, 3.05) is 13.2 Å². The molecule has 4 heteroatoms. The zero-order valence-electron chi connectivity index (χ0n) is 7.84. The van der Waals surface area contributed by atoms with E-state index in [0.717, 1.165) is 14.7 Å². The van der Waals surface area contributed by atoms with Crippen molar-refractivity contribution in [2.24, 2.45) is 5.92 Å². The van der Waals surface area contributed by atoms with Gasteiger partial charge in [0.25, 0.3) is 0 Å². The summed E-state index contributed by atoms with van der Waals surface area (Å²) in [5.41, 5.74) is 0. The van der Waals surface area contributed by atoms with Gasteiger partial charge < -0.3 is 9.84 Å². The molecule has 1 aromatic rings. The second-order valence-electron chi connectivity index (χ2n) is 3.17. The van der Waals surface area contributed by atoms with Gasteiger partial charge in [-0.05, 0) is 34.1 Å². The maximum Gasteiger partial charge on any atom is 0.133 e. The molecule has 0 bridgehead atoms. The molecule has 0 fully saturated rings. The minimum absolute atomic E-state index is 0.147. The summed E-state index contributed by atoms with van der Waals surface area (Å²) in [6.07, 6.45) is 0. The monoisotopic (exact) mass is 322 g/mol. The smallest absolute Gasteiger partial charge is 0.133 e. The van der Waals surface area contributed by atoms with Gasteiger partial charge in [0.15, 0.2) is 0 Å². The van der Waals surface area contributed by atoms with Crippen LogP contribution in [0.5, 0.6) is 5.75 Å². The molecule has 2 nitrogen and oxygen atoms in total. The number of aliphatic hydroxyl groups excluding tert-OH is 1. The predicted molar refractivity (Wildman–Crippen MR) is 63.6 cm³/mol. The van der Waals surface area contributed by atoms with Gasteiger partial charge in [-0.15, -0.1) is 0 Å². The van der Waals surface area contributed by atoms with Gasteiger partial charge in [0.1, 0.15) is 5.75 Å². The van der Waals surface area contributed by atoms with E-state index in [1.807, 2.05) is 25.1 Å². The standard InChI is InChI=1S/C10H12Br2O2/c1-7(5-13)6-14-10-3-2-8(11)4-9(10)12/h2-4,7,13H,5-6H2,1H3. The van der Waals surface area contributed by atoms with Crippen LogP contribution in [0.15, 0.2) is 27.1 Å². The lowest BCUT2D eigenvalue weighted by Gasteiger charge is -2.11. The van der Waals surface area contributed by atoms with E-state index in [1.54, 1.807) is 0 Å². The second kappa shape index (κ2) is 5.73. The summed E-state index contributed by atoms with van der Waals surface area (Å²) in [5, 5.41) is 8.83. The van der Waals surface area contributed by atoms with Gasteiger partial charge in [0.05, 0.1) is 11.1 Å². The highest BCUT2D eigenvalue weighted by molar-refractivity contribution is 9.11. The van der Waals surface area contributed by atoms with Gasteiger partial charge in [0.2, 0.25) is 0 Å². The molecule has 1 rings (SSSR count). The average molecular weight is 324 g/mol. The van der Waals surface area contributed by atoms with Gasteiger partial charge in [-0.25, -0.2) is 0 Å². The molecule has 0 aliphatic rings. The molecule has 1 N–H and O–H groups in total. The van der Waals surface area contributed by atoms with Crippen LogP contribution in [0.1, 0.15) is 6.92 Å². The molecule has 78 valence electrons. The minimum Gasteiger partial charge on any atom is -0.492 e. The fourth-order valence-corrected chi connectivity index (χ4v) is 2.04. The van der Waals surface area contributed by atoms with Crippen LogP contribution in [0.25, 0.3) is 0 Å². The van der Waals surface area contributed by atoms with E-state index in [-0.39, 0.29) is 12.5 Å². The van der Waals surface area contributed by atoms with Crippen LogP contribution in [0.4, 0.5) is 0 Å². The Bertz CT molecular complexity index is 302. The molecule has 0 aliphatic carbocycles. The summed E-state index contributed by atoms with van der Waals surface area (Å²) in [6, 6.07) is 5.74. The van der Waals surface area contributed by atoms with Crippen LogP contribution in [-0.2, 0) is 0 Å². The molecule has 0 amide bonds. The number of hydrogen-bond acceptors (Lipinski definition) is 2. The molecular formula is C10H12Br2O2. The van der Waals surface area contributed by atoms with E-state index in [1.165, 1.54) is 0 Å². The van der Waals surface area contributed by atoms with Crippen LogP contribution in [0.2, 0.25) is 0 Å². The molecular weight excluding hydrogens is 312 g/mol. The molecule has 1 atom stereocenters. The molecule has 0 aromatic heterocycles. The Morgan fingerprint density at radius 1 is 1.43 bits per heavy atom. The Hall–Kier alpha value is -0.0600. The predicted octanol–water partition coefficient (Wildman–Crippen LogP) is 3.22. The molecule has 0 aliphatic heterocycles. The lowest BCUT2D eigenvalue weighted by atomic mass is 10.2. The number of rotatable bonds is 4. The molecule has 0 saturated carbocycles. The Labute approximate surface area is 101 Å². The Balaban J connectivity index is 2.59. The summed E-state index contributed by atoms with van der Waals surface area (Å²) >= 11 is 6.77. The second-order valence-corrected chi connectivity index (χ2v) is 4.94. The summed E-state index contributed by atoms with van der Waals surface area (Å²) in [6.45, 7) is 2.61. The lowest BCUT2D eigenvalue weighted by Crippen LogP contribution is -2.12. The molecule has 0 saturated heterocycles. The third-order valence-corrected chi connectivity index (χ3v) is 2.84. The zero-order valence-corrected chi connectivity index (χ0v) is 11.0.